The van der Waals surface area contributed by atoms with E-state index >= 15 is 0 Å². The molecule has 2 rings (SSSR count). The molecule has 0 heterocycles. The molecular formula is C17H17FO3. The molecule has 3 nitrogen and oxygen atoms in total. The first kappa shape index (κ1) is 15.0. The third-order valence-corrected chi connectivity index (χ3v) is 3.54. The molecule has 2 aromatic rings. The molecule has 21 heavy (non-hydrogen) atoms. The van der Waals surface area contributed by atoms with Crippen molar-refractivity contribution in [3.63, 3.8) is 0 Å². The van der Waals surface area contributed by atoms with Crippen molar-refractivity contribution in [1.82, 2.24) is 0 Å². The second-order valence-corrected chi connectivity index (χ2v) is 4.77. The molecule has 0 atom stereocenters. The van der Waals surface area contributed by atoms with Gasteiger partial charge in [0.2, 0.25) is 0 Å². The number of hydrogen-bond donors (Lipinski definition) is 0. The van der Waals surface area contributed by atoms with Crippen LogP contribution in [0.4, 0.5) is 4.39 Å². The van der Waals surface area contributed by atoms with Crippen molar-refractivity contribution in [2.45, 2.75) is 13.8 Å². The van der Waals surface area contributed by atoms with Crippen LogP contribution >= 0.6 is 0 Å². The molecule has 0 saturated carbocycles. The molecule has 0 fully saturated rings. The molecule has 0 radical (unpaired) electrons. The van der Waals surface area contributed by atoms with E-state index in [9.17, 15) is 9.18 Å². The van der Waals surface area contributed by atoms with Crippen LogP contribution in [0.15, 0.2) is 30.3 Å². The maximum absolute atomic E-state index is 13.4. The Morgan fingerprint density at radius 2 is 1.76 bits per heavy atom. The van der Waals surface area contributed by atoms with E-state index in [-0.39, 0.29) is 11.5 Å². The lowest BCUT2D eigenvalue weighted by atomic mass is 9.97. The monoisotopic (exact) mass is 288 g/mol. The number of ether oxygens (including phenoxy) is 2. The fourth-order valence-electron chi connectivity index (χ4n) is 2.19. The molecule has 0 aromatic heterocycles. The Morgan fingerprint density at radius 1 is 1.05 bits per heavy atom. The lowest BCUT2D eigenvalue weighted by Gasteiger charge is -2.13. The third-order valence-electron chi connectivity index (χ3n) is 3.54. The standard InChI is InChI=1S/C17H17FO3/c1-10-5-7-13(17(21-4)11(10)2)16(19)12-6-8-14(18)15(9-12)20-3/h5-9H,1-4H3. The summed E-state index contributed by atoms with van der Waals surface area (Å²) in [4.78, 5) is 12.6. The summed E-state index contributed by atoms with van der Waals surface area (Å²) in [7, 11) is 2.90. The zero-order valence-electron chi connectivity index (χ0n) is 12.5. The molecule has 0 amide bonds. The van der Waals surface area contributed by atoms with Crippen molar-refractivity contribution < 1.29 is 18.7 Å². The fourth-order valence-corrected chi connectivity index (χ4v) is 2.19. The average Bonchev–Trinajstić information content (AvgIpc) is 2.49. The van der Waals surface area contributed by atoms with Crippen LogP contribution in [0.3, 0.4) is 0 Å². The van der Waals surface area contributed by atoms with Gasteiger partial charge in [0.25, 0.3) is 0 Å². The van der Waals surface area contributed by atoms with Crippen LogP contribution in [0.25, 0.3) is 0 Å². The van der Waals surface area contributed by atoms with E-state index in [1.54, 1.807) is 6.07 Å². The Morgan fingerprint density at radius 3 is 2.38 bits per heavy atom. The lowest BCUT2D eigenvalue weighted by molar-refractivity contribution is 0.103. The van der Waals surface area contributed by atoms with Gasteiger partial charge in [-0.05, 0) is 49.2 Å². The van der Waals surface area contributed by atoms with Crippen LogP contribution in [-0.4, -0.2) is 20.0 Å². The first-order valence-electron chi connectivity index (χ1n) is 6.52. The molecule has 0 spiro atoms. The Kier molecular flexibility index (Phi) is 4.26. The minimum atomic E-state index is -0.499. The fraction of sp³-hybridized carbons (Fsp3) is 0.235. The summed E-state index contributed by atoms with van der Waals surface area (Å²) in [5.41, 5.74) is 2.77. The van der Waals surface area contributed by atoms with Crippen molar-refractivity contribution in [2.24, 2.45) is 0 Å². The van der Waals surface area contributed by atoms with Gasteiger partial charge in [0, 0.05) is 5.56 Å². The van der Waals surface area contributed by atoms with Gasteiger partial charge in [0.1, 0.15) is 5.75 Å². The number of ketones is 1. The predicted molar refractivity (Wildman–Crippen MR) is 78.9 cm³/mol. The molecule has 2 aromatic carbocycles. The van der Waals surface area contributed by atoms with Crippen molar-refractivity contribution in [2.75, 3.05) is 14.2 Å². The van der Waals surface area contributed by atoms with E-state index in [1.165, 1.54) is 32.4 Å². The normalized spacial score (nSPS) is 10.3. The summed E-state index contributed by atoms with van der Waals surface area (Å²) in [6.45, 7) is 3.85. The molecular weight excluding hydrogens is 271 g/mol. The van der Waals surface area contributed by atoms with Crippen molar-refractivity contribution in [3.8, 4) is 11.5 Å². The van der Waals surface area contributed by atoms with E-state index in [0.717, 1.165) is 11.1 Å². The SMILES string of the molecule is COc1cc(C(=O)c2ccc(C)c(C)c2OC)ccc1F. The number of methoxy groups -OCH3 is 2. The van der Waals surface area contributed by atoms with Gasteiger partial charge in [-0.25, -0.2) is 4.39 Å². The quantitative estimate of drug-likeness (QED) is 0.805. The predicted octanol–water partition coefficient (Wildman–Crippen LogP) is 3.69. The molecule has 0 aliphatic heterocycles. The first-order chi connectivity index (χ1) is 9.99. The molecule has 0 unspecified atom stereocenters. The van der Waals surface area contributed by atoms with Crippen LogP contribution in [0.1, 0.15) is 27.0 Å². The number of benzene rings is 2. The van der Waals surface area contributed by atoms with E-state index in [4.69, 9.17) is 9.47 Å². The second kappa shape index (κ2) is 5.95. The molecule has 0 bridgehead atoms. The Labute approximate surface area is 123 Å². The Hall–Kier alpha value is -2.36. The number of hydrogen-bond acceptors (Lipinski definition) is 3. The lowest BCUT2D eigenvalue weighted by Crippen LogP contribution is -2.06. The second-order valence-electron chi connectivity index (χ2n) is 4.77. The largest absolute Gasteiger partial charge is 0.496 e. The summed E-state index contributed by atoms with van der Waals surface area (Å²) in [6, 6.07) is 7.64. The van der Waals surface area contributed by atoms with Crippen LogP contribution in [-0.2, 0) is 0 Å². The molecule has 0 aliphatic carbocycles. The number of carbonyl (C=O) groups excluding carboxylic acids is 1. The summed E-state index contributed by atoms with van der Waals surface area (Å²) < 4.78 is 23.7. The minimum absolute atomic E-state index is 0.0450. The minimum Gasteiger partial charge on any atom is -0.496 e. The van der Waals surface area contributed by atoms with Crippen molar-refractivity contribution in [1.29, 1.82) is 0 Å². The number of aryl methyl sites for hydroxylation is 1. The first-order valence-corrected chi connectivity index (χ1v) is 6.52. The van der Waals surface area contributed by atoms with E-state index < -0.39 is 5.82 Å². The molecule has 4 heteroatoms. The van der Waals surface area contributed by atoms with E-state index in [0.29, 0.717) is 16.9 Å². The summed E-state index contributed by atoms with van der Waals surface area (Å²) in [6.07, 6.45) is 0. The summed E-state index contributed by atoms with van der Waals surface area (Å²) >= 11 is 0. The summed E-state index contributed by atoms with van der Waals surface area (Å²) in [5, 5.41) is 0. The zero-order chi connectivity index (χ0) is 15.6. The maximum atomic E-state index is 13.4. The van der Waals surface area contributed by atoms with Gasteiger partial charge >= 0.3 is 0 Å². The third kappa shape index (κ3) is 2.75. The molecule has 0 saturated heterocycles. The van der Waals surface area contributed by atoms with Gasteiger partial charge in [0.15, 0.2) is 17.3 Å². The van der Waals surface area contributed by atoms with Crippen molar-refractivity contribution in [3.05, 3.63) is 58.4 Å². The highest BCUT2D eigenvalue weighted by molar-refractivity contribution is 6.11. The molecule has 0 N–H and O–H groups in total. The summed E-state index contributed by atoms with van der Waals surface area (Å²) in [5.74, 6) is -0.138. The number of rotatable bonds is 4. The number of carbonyl (C=O) groups is 1. The molecule has 0 aliphatic rings. The van der Waals surface area contributed by atoms with Crippen LogP contribution < -0.4 is 9.47 Å². The van der Waals surface area contributed by atoms with Gasteiger partial charge in [-0.3, -0.25) is 4.79 Å². The maximum Gasteiger partial charge on any atom is 0.196 e. The smallest absolute Gasteiger partial charge is 0.196 e. The highest BCUT2D eigenvalue weighted by Crippen LogP contribution is 2.29. The average molecular weight is 288 g/mol. The van der Waals surface area contributed by atoms with Gasteiger partial charge in [0.05, 0.1) is 19.8 Å². The highest BCUT2D eigenvalue weighted by atomic mass is 19.1. The topological polar surface area (TPSA) is 35.5 Å². The highest BCUT2D eigenvalue weighted by Gasteiger charge is 2.18. The van der Waals surface area contributed by atoms with Gasteiger partial charge in [-0.1, -0.05) is 6.07 Å². The van der Waals surface area contributed by atoms with E-state index in [1.807, 2.05) is 19.9 Å². The zero-order valence-corrected chi connectivity index (χ0v) is 12.5. The Balaban J connectivity index is 2.52. The van der Waals surface area contributed by atoms with Crippen molar-refractivity contribution >= 4 is 5.78 Å². The Bertz CT molecular complexity index is 693. The van der Waals surface area contributed by atoms with E-state index in [2.05, 4.69) is 0 Å². The van der Waals surface area contributed by atoms with Gasteiger partial charge in [-0.15, -0.1) is 0 Å². The van der Waals surface area contributed by atoms with Gasteiger partial charge in [-0.2, -0.15) is 0 Å². The van der Waals surface area contributed by atoms with Gasteiger partial charge < -0.3 is 9.47 Å². The van der Waals surface area contributed by atoms with Crippen LogP contribution in [0.2, 0.25) is 0 Å². The number of halogens is 1. The van der Waals surface area contributed by atoms with Crippen LogP contribution in [0, 0.1) is 19.7 Å². The molecule has 110 valence electrons. The van der Waals surface area contributed by atoms with Crippen LogP contribution in [0.5, 0.6) is 11.5 Å².